The molecule has 4 N–H and O–H groups in total. The first-order chi connectivity index (χ1) is 27.9. The van der Waals surface area contributed by atoms with Gasteiger partial charge in [0.15, 0.2) is 0 Å². The Morgan fingerprint density at radius 1 is 1.02 bits per heavy atom. The lowest BCUT2D eigenvalue weighted by molar-refractivity contribution is -0.141. The molecule has 0 unspecified atom stereocenters. The van der Waals surface area contributed by atoms with Crippen LogP contribution in [0, 0.1) is 11.7 Å². The molecule has 5 aliphatic rings. The quantitative estimate of drug-likeness (QED) is 0.242. The number of carbonyl (C=O) groups is 4. The number of amides is 5. The zero-order chi connectivity index (χ0) is 42.0. The fraction of sp³-hybridized carbons (Fsp3) is 0.523. The zero-order valence-corrected chi connectivity index (χ0v) is 34.8. The van der Waals surface area contributed by atoms with Gasteiger partial charge in [-0.25, -0.2) is 22.6 Å². The first kappa shape index (κ1) is 40.7. The second-order valence-corrected chi connectivity index (χ2v) is 20.6. The smallest absolute Gasteiger partial charge is 0.315 e. The number of allylic oxidation sites excluding steroid dienone is 1. The van der Waals surface area contributed by atoms with Gasteiger partial charge >= 0.3 is 6.03 Å². The highest BCUT2D eigenvalue weighted by atomic mass is 32.2. The van der Waals surface area contributed by atoms with Gasteiger partial charge in [0.05, 0.1) is 16.8 Å². The Bertz CT molecular complexity index is 2360. The van der Waals surface area contributed by atoms with Crippen LogP contribution in [-0.4, -0.2) is 82.1 Å². The third kappa shape index (κ3) is 8.02. The monoisotopic (exact) mass is 828 g/mol. The van der Waals surface area contributed by atoms with Crippen LogP contribution in [0.5, 0.6) is 5.75 Å². The molecule has 8 rings (SSSR count). The molecule has 5 atom stereocenters. The van der Waals surface area contributed by atoms with Crippen molar-refractivity contribution in [3.05, 3.63) is 72.1 Å². The number of ether oxygens (including phenoxy) is 1. The number of sulfonamides is 1. The van der Waals surface area contributed by atoms with E-state index in [9.17, 15) is 32.0 Å². The lowest BCUT2D eigenvalue weighted by atomic mass is 9.86. The maximum absolute atomic E-state index is 14.9. The number of nitrogens with one attached hydrogen (secondary N) is 4. The number of urea groups is 1. The fourth-order valence-corrected chi connectivity index (χ4v) is 10.2. The first-order valence-electron chi connectivity index (χ1n) is 20.7. The van der Waals surface area contributed by atoms with Gasteiger partial charge in [-0.15, -0.1) is 0 Å². The number of fused-ring (bicyclic) bond motifs is 5. The van der Waals surface area contributed by atoms with Gasteiger partial charge in [0.25, 0.3) is 5.91 Å². The molecule has 1 aromatic heterocycles. The zero-order valence-electron chi connectivity index (χ0n) is 34.0. The summed E-state index contributed by atoms with van der Waals surface area (Å²) in [5.74, 6) is -2.35. The van der Waals surface area contributed by atoms with Crippen molar-refractivity contribution >= 4 is 44.7 Å². The van der Waals surface area contributed by atoms with E-state index in [4.69, 9.17) is 9.72 Å². The summed E-state index contributed by atoms with van der Waals surface area (Å²) in [5.41, 5.74) is -0.694. The Hall–Kier alpha value is -5.05. The van der Waals surface area contributed by atoms with E-state index in [1.165, 1.54) is 17.0 Å². The van der Waals surface area contributed by atoms with Gasteiger partial charge < -0.3 is 25.6 Å². The van der Waals surface area contributed by atoms with E-state index in [0.29, 0.717) is 62.0 Å². The standard InChI is InChI=1S/C44H53FN6O7S/c1-41(2,3)49-40(55)47-33-18-9-7-5-6-8-14-28-24-44(28,39(54)50-59(56,57)42(4)21-22-42)48-37(52)34-25-43(26-51(34)38(33)53)20-19-31-30-16-10-11-17-32(30)46-35(36(31)58-43)27-13-12-15-29(45)23-27/h8,10-17,23,28,33-34H,5-7,9,18-22,24-26H2,1-4H3,(H,48,52)(H,50,54)(H2,47,49,55)/b14-8-/t28-,33-,34-,43+,44+/m0/s1. The normalized spacial score (nSPS) is 28.4. The number of benzene rings is 2. The van der Waals surface area contributed by atoms with Crippen LogP contribution in [0.25, 0.3) is 22.2 Å². The van der Waals surface area contributed by atoms with E-state index in [0.717, 1.165) is 29.3 Å². The molecule has 15 heteroatoms. The minimum atomic E-state index is -4.02. The summed E-state index contributed by atoms with van der Waals surface area (Å²) in [4.78, 5) is 63.5. The number of hydrogen-bond acceptors (Lipinski definition) is 8. The van der Waals surface area contributed by atoms with Crippen LogP contribution in [0.4, 0.5) is 9.18 Å². The predicted molar refractivity (Wildman–Crippen MR) is 220 cm³/mol. The number of nitrogens with zero attached hydrogens (tertiary/aromatic N) is 2. The first-order valence-corrected chi connectivity index (χ1v) is 22.2. The van der Waals surface area contributed by atoms with Crippen molar-refractivity contribution in [3.63, 3.8) is 0 Å². The second kappa shape index (κ2) is 14.9. The summed E-state index contributed by atoms with van der Waals surface area (Å²) in [5, 5.41) is 9.60. The van der Waals surface area contributed by atoms with Crippen LogP contribution in [0.1, 0.15) is 97.5 Å². The number of aromatic nitrogens is 1. The third-order valence-corrected chi connectivity index (χ3v) is 14.8. The van der Waals surface area contributed by atoms with Gasteiger partial charge in [-0.05, 0) is 97.3 Å². The van der Waals surface area contributed by atoms with Gasteiger partial charge in [0.1, 0.15) is 40.5 Å². The van der Waals surface area contributed by atoms with E-state index in [1.54, 1.807) is 19.1 Å². The van der Waals surface area contributed by atoms with Gasteiger partial charge in [0, 0.05) is 34.4 Å². The van der Waals surface area contributed by atoms with Crippen molar-refractivity contribution in [3.8, 4) is 17.0 Å². The lowest BCUT2D eigenvalue weighted by Gasteiger charge is -2.37. The minimum Gasteiger partial charge on any atom is -0.483 e. The van der Waals surface area contributed by atoms with Crippen molar-refractivity contribution in [1.29, 1.82) is 0 Å². The van der Waals surface area contributed by atoms with Crippen LogP contribution in [0.3, 0.4) is 0 Å². The van der Waals surface area contributed by atoms with E-state index >= 15 is 0 Å². The van der Waals surface area contributed by atoms with E-state index in [-0.39, 0.29) is 19.4 Å². The summed E-state index contributed by atoms with van der Waals surface area (Å²) < 4.78 is 49.5. The number of hydrogen-bond donors (Lipinski definition) is 4. The molecule has 0 radical (unpaired) electrons. The largest absolute Gasteiger partial charge is 0.483 e. The van der Waals surface area contributed by atoms with Crippen molar-refractivity contribution in [2.24, 2.45) is 5.92 Å². The molecule has 3 fully saturated rings. The molecule has 13 nitrogen and oxygen atoms in total. The van der Waals surface area contributed by atoms with E-state index in [1.807, 2.05) is 57.2 Å². The SMILES string of the molecule is CC(C)(C)NC(=O)N[C@H]1CCCCC/C=C\[C@H]2C[C@@]2(C(=O)NS(=O)(=O)C2(C)CC2)NC(=O)[C@@H]2C[C@]3(CCc4c(c(-c5cccc(F)c5)nc5ccccc45)O3)CN2C1=O. The Labute approximate surface area is 344 Å². The van der Waals surface area contributed by atoms with Gasteiger partial charge in [-0.2, -0.15) is 0 Å². The highest BCUT2D eigenvalue weighted by Crippen LogP contribution is 2.50. The van der Waals surface area contributed by atoms with Crippen LogP contribution in [0.15, 0.2) is 60.7 Å². The molecule has 314 valence electrons. The molecule has 4 heterocycles. The molecule has 3 aromatic rings. The maximum Gasteiger partial charge on any atom is 0.315 e. The molecule has 5 amide bonds. The number of carbonyl (C=O) groups excluding carboxylic acids is 4. The van der Waals surface area contributed by atoms with Crippen LogP contribution >= 0.6 is 0 Å². The van der Waals surface area contributed by atoms with Crippen LogP contribution in [-0.2, 0) is 30.8 Å². The lowest BCUT2D eigenvalue weighted by Crippen LogP contribution is -2.59. The van der Waals surface area contributed by atoms with Crippen LogP contribution < -0.4 is 25.4 Å². The molecule has 59 heavy (non-hydrogen) atoms. The molecule has 2 saturated carbocycles. The minimum absolute atomic E-state index is 0.0207. The van der Waals surface area contributed by atoms with Crippen LogP contribution in [0.2, 0.25) is 0 Å². The summed E-state index contributed by atoms with van der Waals surface area (Å²) in [6, 6.07) is 11.1. The molecule has 0 bridgehead atoms. The molecule has 1 saturated heterocycles. The highest BCUT2D eigenvalue weighted by molar-refractivity contribution is 7.91. The fourth-order valence-electron chi connectivity index (χ4n) is 8.85. The number of pyridine rings is 1. The number of rotatable bonds is 5. The van der Waals surface area contributed by atoms with Crippen molar-refractivity contribution in [2.75, 3.05) is 6.54 Å². The molecule has 3 aliphatic heterocycles. The summed E-state index contributed by atoms with van der Waals surface area (Å²) in [7, 11) is -4.02. The number of aryl methyl sites for hydroxylation is 1. The summed E-state index contributed by atoms with van der Waals surface area (Å²) >= 11 is 0. The molecular weight excluding hydrogens is 776 g/mol. The Morgan fingerprint density at radius 2 is 1.80 bits per heavy atom. The Kier molecular flexibility index (Phi) is 10.3. The predicted octanol–water partition coefficient (Wildman–Crippen LogP) is 5.57. The Balaban J connectivity index is 1.18. The van der Waals surface area contributed by atoms with E-state index in [2.05, 4.69) is 20.7 Å². The average molecular weight is 829 g/mol. The van der Waals surface area contributed by atoms with Gasteiger partial charge in [0.2, 0.25) is 21.8 Å². The summed E-state index contributed by atoms with van der Waals surface area (Å²) in [6.45, 7) is 7.08. The van der Waals surface area contributed by atoms with Gasteiger partial charge in [-0.3, -0.25) is 19.1 Å². The third-order valence-electron chi connectivity index (χ3n) is 12.6. The number of para-hydroxylation sites is 1. The van der Waals surface area contributed by atoms with E-state index < -0.39 is 79.0 Å². The Morgan fingerprint density at radius 3 is 2.54 bits per heavy atom. The average Bonchev–Trinajstić information content (AvgIpc) is 4.07. The molecule has 1 spiro atoms. The number of halogens is 1. The van der Waals surface area contributed by atoms with Gasteiger partial charge in [-0.1, -0.05) is 55.3 Å². The maximum atomic E-state index is 14.9. The van der Waals surface area contributed by atoms with Crippen molar-refractivity contribution < 1.29 is 36.7 Å². The molecular formula is C44H53FN6O7S. The highest BCUT2D eigenvalue weighted by Gasteiger charge is 2.64. The summed E-state index contributed by atoms with van der Waals surface area (Å²) in [6.07, 6.45) is 9.02. The molecule has 2 aliphatic carbocycles. The van der Waals surface area contributed by atoms with Crippen molar-refractivity contribution in [2.45, 2.75) is 132 Å². The van der Waals surface area contributed by atoms with Crippen molar-refractivity contribution in [1.82, 2.24) is 30.6 Å². The molecule has 2 aromatic carbocycles. The topological polar surface area (TPSA) is 176 Å². The second-order valence-electron chi connectivity index (χ2n) is 18.4.